The van der Waals surface area contributed by atoms with E-state index in [0.717, 1.165) is 108 Å². The molecule has 4 N–H and O–H groups in total. The zero-order chi connectivity index (χ0) is 56.9. The number of methoxy groups -OCH3 is 1. The second kappa shape index (κ2) is 24.2. The highest BCUT2D eigenvalue weighted by atomic mass is 35.5. The monoisotopic (exact) mass is 1190 g/mol. The first-order valence-electron chi connectivity index (χ1n) is 24.8. The molecule has 0 aliphatic heterocycles. The van der Waals surface area contributed by atoms with Crippen molar-refractivity contribution in [3.05, 3.63) is 186 Å². The summed E-state index contributed by atoms with van der Waals surface area (Å²) in [7, 11) is 2.35. The maximum Gasteiger partial charge on any atom is 0.523 e. The van der Waals surface area contributed by atoms with Crippen molar-refractivity contribution in [2.24, 2.45) is 17.9 Å². The predicted molar refractivity (Wildman–Crippen MR) is 300 cm³/mol. The second-order valence-corrected chi connectivity index (χ2v) is 23.6. The zero-order valence-corrected chi connectivity index (χ0v) is 48.0. The lowest BCUT2D eigenvalue weighted by Gasteiger charge is -2.19. The van der Waals surface area contributed by atoms with Crippen molar-refractivity contribution in [2.45, 2.75) is 96.8 Å². The summed E-state index contributed by atoms with van der Waals surface area (Å²) in [6, 6.07) is 39.2. The highest BCUT2D eigenvalue weighted by Gasteiger charge is 2.55. The minimum Gasteiger partial charge on any atom is -0.484 e. The first kappa shape index (κ1) is 60.4. The Morgan fingerprint density at radius 1 is 0.564 bits per heavy atom. The number of halogens is 8. The molecule has 1 heterocycles. The number of hydrogen-bond donors (Lipinski definition) is 3. The summed E-state index contributed by atoms with van der Waals surface area (Å²) < 4.78 is 63.4. The fourth-order valence-corrected chi connectivity index (χ4v) is 10.6. The van der Waals surface area contributed by atoms with Crippen LogP contribution in [0.2, 0.25) is 25.1 Å². The molecule has 5 saturated carbocycles. The molecule has 0 radical (unpaired) electrons. The van der Waals surface area contributed by atoms with Crippen molar-refractivity contribution >= 4 is 85.8 Å². The number of benzene rings is 5. The van der Waals surface area contributed by atoms with E-state index >= 15 is 0 Å². The predicted octanol–water partition coefficient (Wildman–Crippen LogP) is 12.3. The molecule has 22 heteroatoms. The van der Waals surface area contributed by atoms with Gasteiger partial charge in [-0.15, -0.1) is 10.2 Å². The van der Waals surface area contributed by atoms with Crippen molar-refractivity contribution in [1.82, 2.24) is 25.5 Å². The molecular formula is C56H59Cl5F3N7O6S. The highest BCUT2D eigenvalue weighted by molar-refractivity contribution is 7.87. The van der Waals surface area contributed by atoms with Crippen LogP contribution < -0.4 is 16.6 Å². The number of nitrogens with one attached hydrogen (secondary N) is 2. The highest BCUT2D eigenvalue weighted by Crippen LogP contribution is 2.57. The summed E-state index contributed by atoms with van der Waals surface area (Å²) in [5.74, 6) is 8.09. The molecule has 13 nitrogen and oxygen atoms in total. The number of nitrogens with zero attached hydrogens (tertiary/aromatic N) is 4. The van der Waals surface area contributed by atoms with Gasteiger partial charge >= 0.3 is 15.6 Å². The number of hydrogen-bond acceptors (Lipinski definition) is 10. The van der Waals surface area contributed by atoms with E-state index in [1.807, 2.05) is 72.8 Å². The minimum atomic E-state index is -5.34. The van der Waals surface area contributed by atoms with Gasteiger partial charge in [0, 0.05) is 46.3 Å². The van der Waals surface area contributed by atoms with E-state index in [4.69, 9.17) is 68.6 Å². The van der Waals surface area contributed by atoms with Crippen molar-refractivity contribution in [2.75, 3.05) is 28.3 Å². The standard InChI is InChI=1S/C21H19Cl2N3.C12H14ClNO.C11H12ClNO.C10H11ClN2O.C2H3F3O3S/c1-26-18(20(10-11-20)14-2-6-16(22)7-3-14)24-25-19(26)21(12-13-21)15-4-8-17(23)9-5-15;1-14-11(15-2)12(7-8-12)9-3-5-10(13)6-4-9;1-13-10(14)11(6-7-11)8-2-4-9(12)5-3-8;11-8-3-1-7(2-4-8)10(5-6-10)9(14)13-12;1-8-9(6,7)2(3,4)5/h2-9H,10-13H2,1H3;3-6H,7-8H2,1-2H3;2-5H,6-7H2,1H3,(H,13,14);1-4H,5-6,12H2,(H,13,14);1H3. The van der Waals surface area contributed by atoms with Crippen LogP contribution in [-0.2, 0) is 62.7 Å². The molecule has 0 saturated heterocycles. The Morgan fingerprint density at radius 2 is 0.859 bits per heavy atom. The summed E-state index contributed by atoms with van der Waals surface area (Å²) >= 11 is 29.6. The lowest BCUT2D eigenvalue weighted by Crippen LogP contribution is -2.39. The van der Waals surface area contributed by atoms with E-state index in [-0.39, 0.29) is 38.9 Å². The number of hydrazine groups is 1. The molecule has 416 valence electrons. The van der Waals surface area contributed by atoms with Gasteiger partial charge in [-0.2, -0.15) is 21.6 Å². The fraction of sp³-hybridized carbons (Fsp3) is 0.375. The van der Waals surface area contributed by atoms with E-state index in [0.29, 0.717) is 17.2 Å². The van der Waals surface area contributed by atoms with E-state index in [9.17, 15) is 31.2 Å². The van der Waals surface area contributed by atoms with Crippen LogP contribution in [0.4, 0.5) is 13.2 Å². The summed E-state index contributed by atoms with van der Waals surface area (Å²) in [5, 5.41) is 15.7. The molecular weight excluding hydrogens is 1130 g/mol. The third-order valence-electron chi connectivity index (χ3n) is 15.0. The maximum absolute atomic E-state index is 11.6. The maximum atomic E-state index is 11.6. The molecule has 1 aromatic heterocycles. The number of carbonyl (C=O) groups excluding carboxylic acids is 2. The average molecular weight is 1190 g/mol. The number of alkyl halides is 3. The van der Waals surface area contributed by atoms with Crippen LogP contribution >= 0.6 is 58.0 Å². The lowest BCUT2D eigenvalue weighted by atomic mass is 9.93. The van der Waals surface area contributed by atoms with E-state index < -0.39 is 15.6 Å². The minimum absolute atomic E-state index is 0.0132. The van der Waals surface area contributed by atoms with E-state index in [2.05, 4.69) is 78.1 Å². The summed E-state index contributed by atoms with van der Waals surface area (Å²) in [6.45, 7) is 0. The van der Waals surface area contributed by atoms with Crippen molar-refractivity contribution in [1.29, 1.82) is 0 Å². The van der Waals surface area contributed by atoms with Gasteiger partial charge in [0.2, 0.25) is 11.8 Å². The Labute approximate surface area is 477 Å². The van der Waals surface area contributed by atoms with Crippen LogP contribution in [0.5, 0.6) is 0 Å². The van der Waals surface area contributed by atoms with Crippen LogP contribution in [0, 0.1) is 0 Å². The third-order valence-corrected chi connectivity index (χ3v) is 17.3. The van der Waals surface area contributed by atoms with E-state index in [1.165, 1.54) is 16.7 Å². The molecule has 5 fully saturated rings. The Morgan fingerprint density at radius 3 is 1.08 bits per heavy atom. The molecule has 5 aromatic carbocycles. The number of amides is 2. The Hall–Kier alpha value is -5.24. The van der Waals surface area contributed by atoms with Gasteiger partial charge in [0.05, 0.1) is 41.3 Å². The SMILES string of the molecule is CN=C(OC)C1(c2ccc(Cl)cc2)CC1.CNC(=O)C1(c2ccc(Cl)cc2)CC1.COS(=O)(=O)C(F)(F)F.Cn1c(C2(c3ccc(Cl)cc3)CC2)nnc1C1(c2ccc(Cl)cc2)CC1.NNC(=O)C1(c2ccc(Cl)cc2)CC1. The van der Waals surface area contributed by atoms with E-state index in [1.54, 1.807) is 33.3 Å². The van der Waals surface area contributed by atoms with Crippen LogP contribution in [0.15, 0.2) is 126 Å². The normalized spacial score (nSPS) is 17.9. The number of rotatable bonds is 11. The Bertz CT molecular complexity index is 3050. The topological polar surface area (TPSA) is 180 Å². The third kappa shape index (κ3) is 13.0. The van der Waals surface area contributed by atoms with Gasteiger partial charge in [-0.25, -0.2) is 5.84 Å². The van der Waals surface area contributed by atoms with Crippen LogP contribution in [0.3, 0.4) is 0 Å². The van der Waals surface area contributed by atoms with Crippen LogP contribution in [-0.4, -0.2) is 74.7 Å². The van der Waals surface area contributed by atoms with Crippen LogP contribution in [0.1, 0.15) is 104 Å². The van der Waals surface area contributed by atoms with Crippen LogP contribution in [0.25, 0.3) is 0 Å². The van der Waals surface area contributed by atoms with Gasteiger partial charge in [0.15, 0.2) is 5.90 Å². The molecule has 0 bridgehead atoms. The van der Waals surface area contributed by atoms with Crippen molar-refractivity contribution in [3.63, 3.8) is 0 Å². The summed E-state index contributed by atoms with van der Waals surface area (Å²) in [4.78, 5) is 27.4. The average Bonchev–Trinajstić information content (AvgIpc) is 4.22. The molecule has 0 unspecified atom stereocenters. The molecule has 78 heavy (non-hydrogen) atoms. The molecule has 2 amide bonds. The van der Waals surface area contributed by atoms with Gasteiger partial charge in [0.25, 0.3) is 0 Å². The number of aromatic nitrogens is 3. The summed E-state index contributed by atoms with van der Waals surface area (Å²) in [6.07, 6.45) is 10.2. The Kier molecular flexibility index (Phi) is 18.8. The molecule has 0 atom stereocenters. The number of likely N-dealkylation sites (N-methyl/N-ethyl adjacent to an activating group) is 1. The number of carbonyl (C=O) groups is 2. The number of aliphatic imine (C=N–C) groups is 1. The quantitative estimate of drug-likeness (QED) is 0.0216. The molecule has 6 aromatic rings. The smallest absolute Gasteiger partial charge is 0.484 e. The Balaban J connectivity index is 0.000000149. The molecule has 11 rings (SSSR count). The second-order valence-electron chi connectivity index (χ2n) is 19.7. The van der Waals surface area contributed by atoms with Gasteiger partial charge in [-0.05, 0) is 153 Å². The van der Waals surface area contributed by atoms with Crippen molar-refractivity contribution in [3.8, 4) is 0 Å². The van der Waals surface area contributed by atoms with Gasteiger partial charge in [-0.1, -0.05) is 119 Å². The van der Waals surface area contributed by atoms with Gasteiger partial charge < -0.3 is 14.6 Å². The lowest BCUT2D eigenvalue weighted by molar-refractivity contribution is -0.124. The zero-order valence-electron chi connectivity index (χ0n) is 43.4. The molecule has 5 aliphatic carbocycles. The van der Waals surface area contributed by atoms with Gasteiger partial charge in [0.1, 0.15) is 11.6 Å². The fourth-order valence-electron chi connectivity index (χ4n) is 9.81. The molecule has 5 aliphatic rings. The number of nitrogens with two attached hydrogens (primary N) is 1. The number of ether oxygens (including phenoxy) is 1. The van der Waals surface area contributed by atoms with Crippen molar-refractivity contribution < 1.29 is 40.1 Å². The first-order chi connectivity index (χ1) is 37.0. The van der Waals surface area contributed by atoms with Gasteiger partial charge in [-0.3, -0.25) is 24.2 Å². The molecule has 0 spiro atoms. The first-order valence-corrected chi connectivity index (χ1v) is 28.1. The summed E-state index contributed by atoms with van der Waals surface area (Å²) in [5.41, 5.74) is 2.11. The largest absolute Gasteiger partial charge is 0.523 e.